The Labute approximate surface area is 94.4 Å². The molecule has 0 aromatic heterocycles. The van der Waals surface area contributed by atoms with Crippen molar-refractivity contribution >= 4 is 0 Å². The lowest BCUT2D eigenvalue weighted by atomic mass is 9.97. The molecule has 0 atom stereocenters. The van der Waals surface area contributed by atoms with Gasteiger partial charge in [-0.2, -0.15) is 0 Å². The summed E-state index contributed by atoms with van der Waals surface area (Å²) in [5.41, 5.74) is 0.288. The number of hydrogen-bond donors (Lipinski definition) is 0. The van der Waals surface area contributed by atoms with Gasteiger partial charge in [0.15, 0.2) is 0 Å². The summed E-state index contributed by atoms with van der Waals surface area (Å²) in [5.74, 6) is 0. The van der Waals surface area contributed by atoms with Gasteiger partial charge in [0.25, 0.3) is 0 Å². The number of ether oxygens (including phenoxy) is 1. The van der Waals surface area contributed by atoms with E-state index in [1.807, 2.05) is 0 Å². The van der Waals surface area contributed by atoms with Crippen LogP contribution in [0.1, 0.15) is 27.2 Å². The topological polar surface area (TPSA) is 15.7 Å². The van der Waals surface area contributed by atoms with Gasteiger partial charge in [-0.1, -0.05) is 0 Å². The Hall–Kier alpha value is -0.120. The SMILES string of the molecule is CCOCCC(C)(C)N1CCN(C)CC1. The predicted octanol–water partition coefficient (Wildman–Crippen LogP) is 1.44. The number of piperazine rings is 1. The average molecular weight is 214 g/mol. The van der Waals surface area contributed by atoms with Gasteiger partial charge in [-0.3, -0.25) is 4.90 Å². The summed E-state index contributed by atoms with van der Waals surface area (Å²) in [6.45, 7) is 13.2. The minimum Gasteiger partial charge on any atom is -0.382 e. The van der Waals surface area contributed by atoms with E-state index in [1.54, 1.807) is 0 Å². The monoisotopic (exact) mass is 214 g/mol. The van der Waals surface area contributed by atoms with Crippen LogP contribution in [0.2, 0.25) is 0 Å². The zero-order valence-corrected chi connectivity index (χ0v) is 10.8. The molecule has 1 aliphatic rings. The van der Waals surface area contributed by atoms with Crippen molar-refractivity contribution in [3.05, 3.63) is 0 Å². The van der Waals surface area contributed by atoms with Crippen molar-refractivity contribution in [3.63, 3.8) is 0 Å². The van der Waals surface area contributed by atoms with Gasteiger partial charge in [0.05, 0.1) is 0 Å². The summed E-state index contributed by atoms with van der Waals surface area (Å²) >= 11 is 0. The molecule has 90 valence electrons. The second-order valence-electron chi connectivity index (χ2n) is 5.05. The average Bonchev–Trinajstić information content (AvgIpc) is 2.18. The summed E-state index contributed by atoms with van der Waals surface area (Å²) < 4.78 is 5.44. The number of likely N-dealkylation sites (N-methyl/N-ethyl adjacent to an activating group) is 1. The molecule has 1 heterocycles. The molecule has 0 aromatic carbocycles. The highest BCUT2D eigenvalue weighted by molar-refractivity contribution is 4.84. The summed E-state index contributed by atoms with van der Waals surface area (Å²) in [7, 11) is 2.20. The van der Waals surface area contributed by atoms with Crippen LogP contribution in [0.15, 0.2) is 0 Å². The van der Waals surface area contributed by atoms with Crippen LogP contribution >= 0.6 is 0 Å². The fourth-order valence-corrected chi connectivity index (χ4v) is 2.04. The summed E-state index contributed by atoms with van der Waals surface area (Å²) in [5, 5.41) is 0. The summed E-state index contributed by atoms with van der Waals surface area (Å²) in [4.78, 5) is 4.99. The molecule has 0 bridgehead atoms. The largest absolute Gasteiger partial charge is 0.382 e. The third-order valence-electron chi connectivity index (χ3n) is 3.42. The van der Waals surface area contributed by atoms with Crippen LogP contribution in [0.4, 0.5) is 0 Å². The molecule has 0 spiro atoms. The van der Waals surface area contributed by atoms with Crippen molar-refractivity contribution in [1.29, 1.82) is 0 Å². The number of rotatable bonds is 5. The fraction of sp³-hybridized carbons (Fsp3) is 1.00. The van der Waals surface area contributed by atoms with Crippen LogP contribution in [0.25, 0.3) is 0 Å². The first-order chi connectivity index (χ1) is 7.06. The van der Waals surface area contributed by atoms with Gasteiger partial charge in [-0.05, 0) is 34.2 Å². The lowest BCUT2D eigenvalue weighted by Crippen LogP contribution is -2.54. The molecular formula is C12H26N2O. The molecule has 1 rings (SSSR count). The van der Waals surface area contributed by atoms with Crippen LogP contribution < -0.4 is 0 Å². The van der Waals surface area contributed by atoms with Crippen molar-refractivity contribution < 1.29 is 4.74 Å². The Morgan fingerprint density at radius 1 is 1.13 bits per heavy atom. The maximum Gasteiger partial charge on any atom is 0.0483 e. The Morgan fingerprint density at radius 2 is 1.73 bits per heavy atom. The van der Waals surface area contributed by atoms with Crippen LogP contribution in [0.5, 0.6) is 0 Å². The highest BCUT2D eigenvalue weighted by Crippen LogP contribution is 2.20. The Morgan fingerprint density at radius 3 is 2.27 bits per heavy atom. The van der Waals surface area contributed by atoms with Crippen molar-refractivity contribution in [2.75, 3.05) is 46.4 Å². The molecule has 0 amide bonds. The van der Waals surface area contributed by atoms with Gasteiger partial charge in [0, 0.05) is 44.9 Å². The molecule has 0 aliphatic carbocycles. The zero-order chi connectivity index (χ0) is 11.3. The van der Waals surface area contributed by atoms with Crippen LogP contribution in [0, 0.1) is 0 Å². The Kier molecular flexibility index (Phi) is 5.03. The first kappa shape index (κ1) is 12.9. The lowest BCUT2D eigenvalue weighted by Gasteiger charge is -2.43. The molecule has 3 nitrogen and oxygen atoms in total. The molecule has 1 fully saturated rings. The van der Waals surface area contributed by atoms with Gasteiger partial charge in [-0.15, -0.1) is 0 Å². The van der Waals surface area contributed by atoms with Crippen LogP contribution in [0.3, 0.4) is 0 Å². The predicted molar refractivity (Wildman–Crippen MR) is 64.3 cm³/mol. The first-order valence-electron chi connectivity index (χ1n) is 6.07. The molecule has 1 aliphatic heterocycles. The fourth-order valence-electron chi connectivity index (χ4n) is 2.04. The third kappa shape index (κ3) is 4.09. The van der Waals surface area contributed by atoms with Crippen molar-refractivity contribution in [3.8, 4) is 0 Å². The number of nitrogens with zero attached hydrogens (tertiary/aromatic N) is 2. The van der Waals surface area contributed by atoms with Crippen molar-refractivity contribution in [1.82, 2.24) is 9.80 Å². The van der Waals surface area contributed by atoms with E-state index in [9.17, 15) is 0 Å². The van der Waals surface area contributed by atoms with E-state index in [-0.39, 0.29) is 5.54 Å². The van der Waals surface area contributed by atoms with Gasteiger partial charge < -0.3 is 9.64 Å². The first-order valence-corrected chi connectivity index (χ1v) is 6.07. The molecule has 0 aromatic rings. The minimum atomic E-state index is 0.288. The minimum absolute atomic E-state index is 0.288. The molecule has 0 saturated carbocycles. The van der Waals surface area contributed by atoms with E-state index in [2.05, 4.69) is 37.6 Å². The van der Waals surface area contributed by atoms with Crippen LogP contribution in [-0.2, 0) is 4.74 Å². The normalized spacial score (nSPS) is 20.8. The van der Waals surface area contributed by atoms with E-state index in [0.29, 0.717) is 0 Å². The van der Waals surface area contributed by atoms with Gasteiger partial charge in [0.1, 0.15) is 0 Å². The molecular weight excluding hydrogens is 188 g/mol. The van der Waals surface area contributed by atoms with E-state index in [1.165, 1.54) is 26.2 Å². The second kappa shape index (κ2) is 5.83. The Bertz CT molecular complexity index is 174. The standard InChI is InChI=1S/C12H26N2O/c1-5-15-11-6-12(2,3)14-9-7-13(4)8-10-14/h5-11H2,1-4H3. The second-order valence-corrected chi connectivity index (χ2v) is 5.05. The quantitative estimate of drug-likeness (QED) is 0.644. The van der Waals surface area contributed by atoms with E-state index in [0.717, 1.165) is 19.6 Å². The van der Waals surface area contributed by atoms with Crippen molar-refractivity contribution in [2.24, 2.45) is 0 Å². The maximum absolute atomic E-state index is 5.44. The van der Waals surface area contributed by atoms with Gasteiger partial charge >= 0.3 is 0 Å². The highest BCUT2D eigenvalue weighted by atomic mass is 16.5. The summed E-state index contributed by atoms with van der Waals surface area (Å²) in [6, 6.07) is 0. The van der Waals surface area contributed by atoms with E-state index < -0.39 is 0 Å². The van der Waals surface area contributed by atoms with E-state index >= 15 is 0 Å². The molecule has 0 N–H and O–H groups in total. The van der Waals surface area contributed by atoms with Crippen molar-refractivity contribution in [2.45, 2.75) is 32.7 Å². The van der Waals surface area contributed by atoms with Gasteiger partial charge in [0.2, 0.25) is 0 Å². The Balaban J connectivity index is 2.32. The summed E-state index contributed by atoms with van der Waals surface area (Å²) in [6.07, 6.45) is 1.13. The molecule has 0 radical (unpaired) electrons. The third-order valence-corrected chi connectivity index (χ3v) is 3.42. The van der Waals surface area contributed by atoms with Gasteiger partial charge in [-0.25, -0.2) is 0 Å². The number of hydrogen-bond acceptors (Lipinski definition) is 3. The molecule has 15 heavy (non-hydrogen) atoms. The maximum atomic E-state index is 5.44. The zero-order valence-electron chi connectivity index (χ0n) is 10.8. The highest BCUT2D eigenvalue weighted by Gasteiger charge is 2.28. The molecule has 0 unspecified atom stereocenters. The molecule has 1 saturated heterocycles. The van der Waals surface area contributed by atoms with Crippen LogP contribution in [-0.4, -0.2) is 61.8 Å². The molecule has 3 heteroatoms. The van der Waals surface area contributed by atoms with E-state index in [4.69, 9.17) is 4.74 Å². The lowest BCUT2D eigenvalue weighted by molar-refractivity contribution is 0.0318. The smallest absolute Gasteiger partial charge is 0.0483 e.